The summed E-state index contributed by atoms with van der Waals surface area (Å²) in [5.41, 5.74) is 10.1. The predicted molar refractivity (Wildman–Crippen MR) is 81.6 cm³/mol. The minimum absolute atomic E-state index is 0.0634. The molecular formula is C16H17Cl2N. The summed E-state index contributed by atoms with van der Waals surface area (Å²) >= 11 is 12.3. The third-order valence-corrected chi connectivity index (χ3v) is 5.00. The van der Waals surface area contributed by atoms with Crippen LogP contribution >= 0.6 is 23.2 Å². The number of nitrogens with two attached hydrogens (primary N) is 1. The van der Waals surface area contributed by atoms with Crippen LogP contribution in [0, 0.1) is 0 Å². The molecule has 0 amide bonds. The van der Waals surface area contributed by atoms with Crippen molar-refractivity contribution in [3.05, 3.63) is 58.1 Å². The molecule has 0 bridgehead atoms. The van der Waals surface area contributed by atoms with Gasteiger partial charge in [0.25, 0.3) is 0 Å². The Labute approximate surface area is 124 Å². The summed E-state index contributed by atoms with van der Waals surface area (Å²) in [7, 11) is 0. The molecule has 19 heavy (non-hydrogen) atoms. The Bertz CT molecular complexity index is 547. The Morgan fingerprint density at radius 2 is 1.84 bits per heavy atom. The van der Waals surface area contributed by atoms with Crippen molar-refractivity contribution in [1.82, 2.24) is 0 Å². The smallest absolute Gasteiger partial charge is 0.0726 e. The van der Waals surface area contributed by atoms with Gasteiger partial charge in [0.15, 0.2) is 0 Å². The largest absolute Gasteiger partial charge is 0.324 e. The second-order valence-electron chi connectivity index (χ2n) is 5.30. The molecule has 100 valence electrons. The van der Waals surface area contributed by atoms with Gasteiger partial charge in [-0.05, 0) is 42.0 Å². The fraction of sp³-hybridized carbons (Fsp3) is 0.375. The van der Waals surface area contributed by atoms with Crippen LogP contribution in [0.4, 0.5) is 0 Å². The van der Waals surface area contributed by atoms with E-state index in [1.165, 1.54) is 16.7 Å². The van der Waals surface area contributed by atoms with Crippen molar-refractivity contribution in [3.8, 4) is 0 Å². The molecule has 1 aromatic rings. The fourth-order valence-electron chi connectivity index (χ4n) is 3.07. The van der Waals surface area contributed by atoms with Gasteiger partial charge in [-0.2, -0.15) is 0 Å². The second-order valence-corrected chi connectivity index (χ2v) is 6.27. The summed E-state index contributed by atoms with van der Waals surface area (Å²) < 4.78 is 0. The van der Waals surface area contributed by atoms with E-state index in [0.717, 1.165) is 24.3 Å². The van der Waals surface area contributed by atoms with Crippen molar-refractivity contribution in [1.29, 1.82) is 0 Å². The first-order chi connectivity index (χ1) is 9.16. The van der Waals surface area contributed by atoms with Gasteiger partial charge in [-0.1, -0.05) is 41.9 Å². The molecule has 0 heterocycles. The van der Waals surface area contributed by atoms with Gasteiger partial charge in [-0.15, -0.1) is 11.6 Å². The van der Waals surface area contributed by atoms with Crippen molar-refractivity contribution in [3.63, 3.8) is 0 Å². The van der Waals surface area contributed by atoms with E-state index < -0.39 is 0 Å². The summed E-state index contributed by atoms with van der Waals surface area (Å²) in [5, 5.41) is 0.693. The van der Waals surface area contributed by atoms with E-state index in [-0.39, 0.29) is 11.4 Å². The number of rotatable bonds is 1. The monoisotopic (exact) mass is 293 g/mol. The zero-order chi connectivity index (χ0) is 13.4. The normalized spacial score (nSPS) is 30.4. The molecule has 2 aliphatic carbocycles. The van der Waals surface area contributed by atoms with Gasteiger partial charge in [-0.3, -0.25) is 0 Å². The van der Waals surface area contributed by atoms with Gasteiger partial charge < -0.3 is 5.73 Å². The van der Waals surface area contributed by atoms with E-state index in [9.17, 15) is 0 Å². The number of hydrogen-bond acceptors (Lipinski definition) is 1. The minimum atomic E-state index is -0.0634. The molecule has 0 aliphatic heterocycles. The van der Waals surface area contributed by atoms with Crippen LogP contribution in [0.2, 0.25) is 0 Å². The number of allylic oxidation sites excluding steroid dienone is 4. The standard InChI is InChI=1S/C16H17Cl2N/c17-14-7-5-10(9-15(14)18)11-6-8-16(19)13-4-2-1-3-12(11)13/h1-5,9,11,14,16H,6-8,19H2/t11?,14?,16-/m0/s1. The Morgan fingerprint density at radius 3 is 2.58 bits per heavy atom. The Hall–Kier alpha value is -0.760. The number of benzene rings is 1. The lowest BCUT2D eigenvalue weighted by Gasteiger charge is -2.31. The number of halogens is 2. The zero-order valence-electron chi connectivity index (χ0n) is 10.7. The maximum Gasteiger partial charge on any atom is 0.0726 e. The highest BCUT2D eigenvalue weighted by Gasteiger charge is 2.28. The lowest BCUT2D eigenvalue weighted by Crippen LogP contribution is -2.22. The highest BCUT2D eigenvalue weighted by molar-refractivity contribution is 6.37. The molecule has 1 nitrogen and oxygen atoms in total. The third-order valence-electron chi connectivity index (χ3n) is 4.10. The van der Waals surface area contributed by atoms with E-state index in [2.05, 4.69) is 30.3 Å². The minimum Gasteiger partial charge on any atom is -0.324 e. The van der Waals surface area contributed by atoms with Crippen molar-refractivity contribution in [2.24, 2.45) is 5.73 Å². The molecule has 2 N–H and O–H groups in total. The molecule has 3 rings (SSSR count). The zero-order valence-corrected chi connectivity index (χ0v) is 12.2. The molecule has 2 unspecified atom stereocenters. The molecule has 0 saturated carbocycles. The molecule has 0 aromatic heterocycles. The number of hydrogen-bond donors (Lipinski definition) is 1. The Kier molecular flexibility index (Phi) is 3.70. The predicted octanol–water partition coefficient (Wildman–Crippen LogP) is 4.62. The summed E-state index contributed by atoms with van der Waals surface area (Å²) in [6.07, 6.45) is 7.19. The lowest BCUT2D eigenvalue weighted by molar-refractivity contribution is 0.528. The van der Waals surface area contributed by atoms with Gasteiger partial charge in [0.05, 0.1) is 5.38 Å². The molecule has 0 spiro atoms. The Morgan fingerprint density at radius 1 is 1.11 bits per heavy atom. The van der Waals surface area contributed by atoms with E-state index in [4.69, 9.17) is 28.9 Å². The molecule has 0 saturated heterocycles. The van der Waals surface area contributed by atoms with Gasteiger partial charge in [0.1, 0.15) is 0 Å². The Balaban J connectivity index is 1.98. The summed E-state index contributed by atoms with van der Waals surface area (Å²) in [5.74, 6) is 0.411. The molecule has 3 heteroatoms. The first-order valence-corrected chi connectivity index (χ1v) is 7.54. The van der Waals surface area contributed by atoms with Crippen molar-refractivity contribution < 1.29 is 0 Å². The van der Waals surface area contributed by atoms with Crippen LogP contribution < -0.4 is 5.73 Å². The molecule has 3 atom stereocenters. The van der Waals surface area contributed by atoms with E-state index in [0.29, 0.717) is 5.92 Å². The summed E-state index contributed by atoms with van der Waals surface area (Å²) in [6, 6.07) is 8.65. The first kappa shape index (κ1) is 13.2. The van der Waals surface area contributed by atoms with Gasteiger partial charge >= 0.3 is 0 Å². The van der Waals surface area contributed by atoms with Crippen LogP contribution in [0.5, 0.6) is 0 Å². The topological polar surface area (TPSA) is 26.0 Å². The lowest BCUT2D eigenvalue weighted by atomic mass is 9.75. The van der Waals surface area contributed by atoms with Crippen LogP contribution in [0.25, 0.3) is 0 Å². The molecule has 2 aliphatic rings. The molecule has 0 fully saturated rings. The van der Waals surface area contributed by atoms with Crippen molar-refractivity contribution in [2.75, 3.05) is 0 Å². The summed E-state index contributed by atoms with van der Waals surface area (Å²) in [6.45, 7) is 0. The van der Waals surface area contributed by atoms with Crippen molar-refractivity contribution >= 4 is 23.2 Å². The molecular weight excluding hydrogens is 277 g/mol. The maximum atomic E-state index is 6.21. The molecule has 1 aromatic carbocycles. The third kappa shape index (κ3) is 2.47. The average molecular weight is 294 g/mol. The quantitative estimate of drug-likeness (QED) is 0.751. The van der Waals surface area contributed by atoms with Crippen molar-refractivity contribution in [2.45, 2.75) is 36.6 Å². The fourth-order valence-corrected chi connectivity index (χ4v) is 3.44. The van der Waals surface area contributed by atoms with E-state index >= 15 is 0 Å². The highest BCUT2D eigenvalue weighted by Crippen LogP contribution is 2.43. The van der Waals surface area contributed by atoms with Gasteiger partial charge in [0, 0.05) is 17.0 Å². The molecule has 0 radical (unpaired) electrons. The SMILES string of the molecule is N[C@H]1CCC(C2=CCC(Cl)C(Cl)=C2)c2ccccc21. The van der Waals surface area contributed by atoms with E-state index in [1.807, 2.05) is 6.08 Å². The highest BCUT2D eigenvalue weighted by atomic mass is 35.5. The first-order valence-electron chi connectivity index (χ1n) is 6.72. The van der Waals surface area contributed by atoms with Gasteiger partial charge in [-0.25, -0.2) is 0 Å². The second kappa shape index (κ2) is 5.32. The van der Waals surface area contributed by atoms with E-state index in [1.54, 1.807) is 0 Å². The maximum absolute atomic E-state index is 6.21. The van der Waals surface area contributed by atoms with Gasteiger partial charge in [0.2, 0.25) is 0 Å². The number of alkyl halides is 1. The summed E-state index contributed by atoms with van der Waals surface area (Å²) in [4.78, 5) is 0. The number of fused-ring (bicyclic) bond motifs is 1. The van der Waals surface area contributed by atoms with Crippen LogP contribution in [0.1, 0.15) is 42.3 Å². The average Bonchev–Trinajstić information content (AvgIpc) is 2.43. The van der Waals surface area contributed by atoms with Crippen LogP contribution in [0.15, 0.2) is 47.0 Å². The van der Waals surface area contributed by atoms with Crippen LogP contribution in [0.3, 0.4) is 0 Å². The van der Waals surface area contributed by atoms with Crippen LogP contribution in [-0.2, 0) is 0 Å². The van der Waals surface area contributed by atoms with Crippen LogP contribution in [-0.4, -0.2) is 5.38 Å².